The van der Waals surface area contributed by atoms with Crippen LogP contribution in [0.1, 0.15) is 23.2 Å². The molecule has 0 unspecified atom stereocenters. The number of hydrogen-bond acceptors (Lipinski definition) is 6. The number of nitrogens with one attached hydrogen (secondary N) is 2. The van der Waals surface area contributed by atoms with E-state index in [1.165, 1.54) is 7.11 Å². The highest BCUT2D eigenvalue weighted by Gasteiger charge is 2.17. The first-order valence-corrected chi connectivity index (χ1v) is 9.74. The maximum atomic E-state index is 12.9. The molecule has 3 rings (SSSR count). The molecule has 2 N–H and O–H groups in total. The van der Waals surface area contributed by atoms with E-state index in [9.17, 15) is 4.79 Å². The number of carbonyl (C=O) groups is 1. The summed E-state index contributed by atoms with van der Waals surface area (Å²) in [5.41, 5.74) is 1.11. The van der Waals surface area contributed by atoms with Gasteiger partial charge in [0.15, 0.2) is 11.5 Å². The van der Waals surface area contributed by atoms with Gasteiger partial charge in [-0.25, -0.2) is 4.99 Å². The van der Waals surface area contributed by atoms with Crippen molar-refractivity contribution in [1.82, 2.24) is 5.32 Å². The first-order valence-electron chi connectivity index (χ1n) is 9.74. The maximum Gasteiger partial charge on any atom is 0.258 e. The Morgan fingerprint density at radius 1 is 1.07 bits per heavy atom. The molecule has 8 nitrogen and oxygen atoms in total. The van der Waals surface area contributed by atoms with E-state index in [4.69, 9.17) is 18.9 Å². The fourth-order valence-corrected chi connectivity index (χ4v) is 3.12. The van der Waals surface area contributed by atoms with Gasteiger partial charge in [-0.05, 0) is 43.2 Å². The highest BCUT2D eigenvalue weighted by Crippen LogP contribution is 2.27. The molecule has 0 bridgehead atoms. The number of para-hydroxylation sites is 2. The fraction of sp³-hybridized carbons (Fsp3) is 0.364. The van der Waals surface area contributed by atoms with Gasteiger partial charge < -0.3 is 24.3 Å². The van der Waals surface area contributed by atoms with Crippen molar-refractivity contribution in [3.63, 3.8) is 0 Å². The van der Waals surface area contributed by atoms with Gasteiger partial charge in [0.25, 0.3) is 5.91 Å². The number of hydrogen-bond donors (Lipinski definition) is 2. The first kappa shape index (κ1) is 21.4. The van der Waals surface area contributed by atoms with Crippen molar-refractivity contribution in [2.45, 2.75) is 18.9 Å². The second-order valence-electron chi connectivity index (χ2n) is 6.67. The molecule has 1 heterocycles. The summed E-state index contributed by atoms with van der Waals surface area (Å²) in [6.07, 6.45) is 2.03. The minimum atomic E-state index is -0.329. The third-order valence-electron chi connectivity index (χ3n) is 4.71. The van der Waals surface area contributed by atoms with Crippen molar-refractivity contribution >= 4 is 17.6 Å². The molecular weight excluding hydrogens is 386 g/mol. The number of aliphatic imine (C=N–C) groups is 1. The molecule has 1 aliphatic rings. The van der Waals surface area contributed by atoms with Crippen LogP contribution in [0.15, 0.2) is 47.5 Å². The number of guanidine groups is 1. The molecule has 1 amide bonds. The van der Waals surface area contributed by atoms with Crippen LogP contribution in [0.25, 0.3) is 0 Å². The molecule has 1 fully saturated rings. The average Bonchev–Trinajstić information content (AvgIpc) is 3.31. The minimum Gasteiger partial charge on any atom is -0.495 e. The lowest BCUT2D eigenvalue weighted by Gasteiger charge is -2.16. The van der Waals surface area contributed by atoms with Crippen LogP contribution in [-0.2, 0) is 4.74 Å². The molecule has 0 saturated carbocycles. The number of benzene rings is 2. The van der Waals surface area contributed by atoms with Gasteiger partial charge in [0, 0.05) is 12.2 Å². The van der Waals surface area contributed by atoms with Gasteiger partial charge >= 0.3 is 0 Å². The normalized spacial score (nSPS) is 16.1. The van der Waals surface area contributed by atoms with Gasteiger partial charge in [-0.1, -0.05) is 12.1 Å². The van der Waals surface area contributed by atoms with Crippen LogP contribution in [0.5, 0.6) is 17.2 Å². The summed E-state index contributed by atoms with van der Waals surface area (Å²) in [6, 6.07) is 12.4. The third kappa shape index (κ3) is 5.42. The highest BCUT2D eigenvalue weighted by atomic mass is 16.5. The SMILES string of the molecule is COc1ccccc1NC(=NC[C@@H]1CCCO1)NC(=O)c1ccc(OC)c(OC)c1. The lowest BCUT2D eigenvalue weighted by atomic mass is 10.2. The van der Waals surface area contributed by atoms with Gasteiger partial charge in [0.2, 0.25) is 5.96 Å². The van der Waals surface area contributed by atoms with E-state index >= 15 is 0 Å². The molecule has 0 spiro atoms. The van der Waals surface area contributed by atoms with E-state index in [1.54, 1.807) is 32.4 Å². The van der Waals surface area contributed by atoms with Crippen molar-refractivity contribution in [1.29, 1.82) is 0 Å². The summed E-state index contributed by atoms with van der Waals surface area (Å²) < 4.78 is 21.5. The van der Waals surface area contributed by atoms with Crippen molar-refractivity contribution in [3.8, 4) is 17.2 Å². The van der Waals surface area contributed by atoms with Crippen molar-refractivity contribution in [2.75, 3.05) is 39.8 Å². The summed E-state index contributed by atoms with van der Waals surface area (Å²) in [6.45, 7) is 1.19. The summed E-state index contributed by atoms with van der Waals surface area (Å²) in [7, 11) is 4.66. The van der Waals surface area contributed by atoms with E-state index in [0.717, 1.165) is 19.4 Å². The van der Waals surface area contributed by atoms with Crippen LogP contribution in [0, 0.1) is 0 Å². The topological polar surface area (TPSA) is 90.4 Å². The summed E-state index contributed by atoms with van der Waals surface area (Å²) in [5, 5.41) is 5.99. The molecule has 2 aromatic rings. The Labute approximate surface area is 176 Å². The molecule has 160 valence electrons. The largest absolute Gasteiger partial charge is 0.495 e. The third-order valence-corrected chi connectivity index (χ3v) is 4.71. The second-order valence-corrected chi connectivity index (χ2v) is 6.67. The molecule has 1 atom stereocenters. The molecule has 30 heavy (non-hydrogen) atoms. The molecule has 1 aliphatic heterocycles. The quantitative estimate of drug-likeness (QED) is 0.536. The zero-order chi connectivity index (χ0) is 21.3. The van der Waals surface area contributed by atoms with Gasteiger partial charge in [0.05, 0.1) is 39.7 Å². The first-order chi connectivity index (χ1) is 14.6. The van der Waals surface area contributed by atoms with Crippen LogP contribution < -0.4 is 24.8 Å². The van der Waals surface area contributed by atoms with Gasteiger partial charge in [0.1, 0.15) is 5.75 Å². The Morgan fingerprint density at radius 3 is 2.53 bits per heavy atom. The number of amides is 1. The summed E-state index contributed by atoms with van der Waals surface area (Å²) >= 11 is 0. The van der Waals surface area contributed by atoms with E-state index in [-0.39, 0.29) is 12.0 Å². The fourth-order valence-electron chi connectivity index (χ4n) is 3.12. The summed E-state index contributed by atoms with van der Waals surface area (Å²) in [4.78, 5) is 17.4. The van der Waals surface area contributed by atoms with Crippen molar-refractivity contribution < 1.29 is 23.7 Å². The molecule has 1 saturated heterocycles. The Morgan fingerprint density at radius 2 is 1.83 bits per heavy atom. The standard InChI is InChI=1S/C22H27N3O5/c1-27-18-9-5-4-8-17(18)24-22(23-14-16-7-6-12-30-16)25-21(26)15-10-11-19(28-2)20(13-15)29-3/h4-5,8-11,13,16H,6-7,12,14H2,1-3H3,(H2,23,24,25,26)/t16-/m0/s1. The molecule has 8 heteroatoms. The monoisotopic (exact) mass is 413 g/mol. The van der Waals surface area contributed by atoms with Gasteiger partial charge in [-0.3, -0.25) is 10.1 Å². The molecule has 0 radical (unpaired) electrons. The molecular formula is C22H27N3O5. The number of nitrogens with zero attached hydrogens (tertiary/aromatic N) is 1. The molecule has 2 aromatic carbocycles. The highest BCUT2D eigenvalue weighted by molar-refractivity contribution is 6.10. The predicted molar refractivity (Wildman–Crippen MR) is 115 cm³/mol. The van der Waals surface area contributed by atoms with Gasteiger partial charge in [-0.15, -0.1) is 0 Å². The average molecular weight is 413 g/mol. The Bertz CT molecular complexity index is 894. The molecule has 0 aliphatic carbocycles. The van der Waals surface area contributed by atoms with Crippen LogP contribution in [0.3, 0.4) is 0 Å². The Balaban J connectivity index is 1.80. The van der Waals surface area contributed by atoms with E-state index in [2.05, 4.69) is 15.6 Å². The van der Waals surface area contributed by atoms with Crippen LogP contribution in [0.4, 0.5) is 5.69 Å². The number of methoxy groups -OCH3 is 3. The van der Waals surface area contributed by atoms with E-state index < -0.39 is 0 Å². The van der Waals surface area contributed by atoms with E-state index in [1.807, 2.05) is 24.3 Å². The lowest BCUT2D eigenvalue weighted by Crippen LogP contribution is -2.36. The van der Waals surface area contributed by atoms with Crippen LogP contribution in [0.2, 0.25) is 0 Å². The van der Waals surface area contributed by atoms with Gasteiger partial charge in [-0.2, -0.15) is 0 Å². The lowest BCUT2D eigenvalue weighted by molar-refractivity contribution is 0.0975. The second kappa shape index (κ2) is 10.5. The van der Waals surface area contributed by atoms with Crippen LogP contribution >= 0.6 is 0 Å². The minimum absolute atomic E-state index is 0.0532. The number of rotatable bonds is 7. The number of anilines is 1. The summed E-state index contributed by atoms with van der Waals surface area (Å²) in [5.74, 6) is 1.65. The Hall–Kier alpha value is -3.26. The predicted octanol–water partition coefficient (Wildman–Crippen LogP) is 3.09. The number of ether oxygens (including phenoxy) is 4. The number of carbonyl (C=O) groups excluding carboxylic acids is 1. The zero-order valence-corrected chi connectivity index (χ0v) is 17.4. The van der Waals surface area contributed by atoms with Crippen molar-refractivity contribution in [2.24, 2.45) is 4.99 Å². The van der Waals surface area contributed by atoms with E-state index in [0.29, 0.717) is 41.0 Å². The molecule has 0 aromatic heterocycles. The smallest absolute Gasteiger partial charge is 0.258 e. The van der Waals surface area contributed by atoms with Crippen LogP contribution in [-0.4, -0.2) is 52.5 Å². The Kier molecular flexibility index (Phi) is 7.51. The van der Waals surface area contributed by atoms with Crippen molar-refractivity contribution in [3.05, 3.63) is 48.0 Å². The zero-order valence-electron chi connectivity index (χ0n) is 17.4. The maximum absolute atomic E-state index is 12.9.